The van der Waals surface area contributed by atoms with Gasteiger partial charge in [0.15, 0.2) is 0 Å². The molecule has 8 heteroatoms. The zero-order valence-corrected chi connectivity index (χ0v) is 16.1. The zero-order chi connectivity index (χ0) is 20.8. The predicted octanol–water partition coefficient (Wildman–Crippen LogP) is 5.66. The van der Waals surface area contributed by atoms with E-state index in [0.29, 0.717) is 11.3 Å². The third-order valence-electron chi connectivity index (χ3n) is 5.55. The normalized spacial score (nSPS) is 21.2. The van der Waals surface area contributed by atoms with Crippen molar-refractivity contribution in [3.63, 3.8) is 0 Å². The molecule has 1 aliphatic heterocycles. The van der Waals surface area contributed by atoms with Gasteiger partial charge in [0.05, 0.1) is 0 Å². The maximum Gasteiger partial charge on any atom is 0.321 e. The summed E-state index contributed by atoms with van der Waals surface area (Å²) >= 11 is 5.81. The third kappa shape index (κ3) is 3.59. The Balaban J connectivity index is 1.75. The van der Waals surface area contributed by atoms with Crippen LogP contribution < -0.4 is 9.80 Å². The molecule has 0 bridgehead atoms. The Morgan fingerprint density at radius 1 is 1.10 bits per heavy atom. The standard InChI is InChI=1S/C21H18ClF3N2O2/c22-20(29)27(15-5-3-4-13(23)12-15)18-16-6-1-2-7-17(16)26(19(18)28)14-8-10-21(24,25)11-9-14/h1-7,12,14,18H,8-11H2. The molecule has 1 fully saturated rings. The first kappa shape index (κ1) is 19.8. The highest BCUT2D eigenvalue weighted by atomic mass is 35.5. The number of nitrogens with zero attached hydrogens (tertiary/aromatic N) is 2. The van der Waals surface area contributed by atoms with Crippen LogP contribution in [0, 0.1) is 5.82 Å². The van der Waals surface area contributed by atoms with E-state index in [0.717, 1.165) is 11.0 Å². The lowest BCUT2D eigenvalue weighted by molar-refractivity contribution is -0.120. The lowest BCUT2D eigenvalue weighted by Crippen LogP contribution is -2.46. The van der Waals surface area contributed by atoms with E-state index in [-0.39, 0.29) is 31.4 Å². The maximum absolute atomic E-state index is 13.8. The van der Waals surface area contributed by atoms with E-state index in [1.807, 2.05) is 0 Å². The summed E-state index contributed by atoms with van der Waals surface area (Å²) in [6.45, 7) is 0. The number of alkyl halides is 2. The number of rotatable bonds is 3. The summed E-state index contributed by atoms with van der Waals surface area (Å²) < 4.78 is 41.0. The summed E-state index contributed by atoms with van der Waals surface area (Å²) in [5, 5.41) is -0.930. The molecule has 29 heavy (non-hydrogen) atoms. The summed E-state index contributed by atoms with van der Waals surface area (Å²) in [7, 11) is 0. The lowest BCUT2D eigenvalue weighted by Gasteiger charge is -2.35. The zero-order valence-electron chi connectivity index (χ0n) is 15.3. The third-order valence-corrected chi connectivity index (χ3v) is 5.73. The summed E-state index contributed by atoms with van der Waals surface area (Å²) in [4.78, 5) is 28.2. The van der Waals surface area contributed by atoms with Gasteiger partial charge < -0.3 is 4.90 Å². The van der Waals surface area contributed by atoms with Gasteiger partial charge in [-0.25, -0.2) is 13.2 Å². The molecule has 1 atom stereocenters. The molecule has 0 N–H and O–H groups in total. The Bertz CT molecular complexity index is 958. The van der Waals surface area contributed by atoms with Crippen molar-refractivity contribution >= 4 is 34.2 Å². The summed E-state index contributed by atoms with van der Waals surface area (Å²) in [6, 6.07) is 10.7. The van der Waals surface area contributed by atoms with Crippen LogP contribution in [-0.2, 0) is 4.79 Å². The van der Waals surface area contributed by atoms with Gasteiger partial charge in [-0.3, -0.25) is 14.5 Å². The van der Waals surface area contributed by atoms with Crippen molar-refractivity contribution in [2.45, 2.75) is 43.7 Å². The first-order chi connectivity index (χ1) is 13.8. The second-order valence-corrected chi connectivity index (χ2v) is 7.68. The molecular formula is C21H18ClF3N2O2. The average molecular weight is 423 g/mol. The first-order valence-electron chi connectivity index (χ1n) is 9.32. The van der Waals surface area contributed by atoms with Crippen molar-refractivity contribution in [2.75, 3.05) is 9.80 Å². The molecule has 0 saturated heterocycles. The molecule has 1 heterocycles. The van der Waals surface area contributed by atoms with Crippen molar-refractivity contribution in [3.8, 4) is 0 Å². The van der Waals surface area contributed by atoms with Gasteiger partial charge in [0.2, 0.25) is 5.92 Å². The molecule has 4 nitrogen and oxygen atoms in total. The minimum atomic E-state index is -2.72. The molecule has 0 aromatic heterocycles. The fraction of sp³-hybridized carbons (Fsp3) is 0.333. The first-order valence-corrected chi connectivity index (χ1v) is 9.70. The Morgan fingerprint density at radius 3 is 2.45 bits per heavy atom. The Hall–Kier alpha value is -2.54. The van der Waals surface area contributed by atoms with Gasteiger partial charge in [-0.1, -0.05) is 24.3 Å². The minimum absolute atomic E-state index is 0.148. The quantitative estimate of drug-likeness (QED) is 0.473. The molecule has 0 spiro atoms. The van der Waals surface area contributed by atoms with Crippen LogP contribution in [0.2, 0.25) is 0 Å². The van der Waals surface area contributed by atoms with E-state index in [1.165, 1.54) is 23.1 Å². The molecule has 1 saturated carbocycles. The molecule has 0 radical (unpaired) electrons. The van der Waals surface area contributed by atoms with Gasteiger partial charge in [0, 0.05) is 35.8 Å². The fourth-order valence-electron chi connectivity index (χ4n) is 4.21. The van der Waals surface area contributed by atoms with Crippen molar-refractivity contribution in [2.24, 2.45) is 0 Å². The largest absolute Gasteiger partial charge is 0.321 e. The molecule has 4 rings (SSSR count). The number of para-hydroxylation sites is 1. The summed E-state index contributed by atoms with van der Waals surface area (Å²) in [5.41, 5.74) is 1.25. The van der Waals surface area contributed by atoms with E-state index >= 15 is 0 Å². The van der Waals surface area contributed by atoms with Crippen LogP contribution in [0.1, 0.15) is 37.3 Å². The Morgan fingerprint density at radius 2 is 1.79 bits per heavy atom. The molecule has 2 aromatic carbocycles. The second-order valence-electron chi connectivity index (χ2n) is 7.36. The number of halogens is 4. The smallest absolute Gasteiger partial charge is 0.307 e. The van der Waals surface area contributed by atoms with Gasteiger partial charge in [0.25, 0.3) is 5.91 Å². The van der Waals surface area contributed by atoms with Crippen LogP contribution in [0.4, 0.5) is 29.3 Å². The second kappa shape index (κ2) is 7.37. The van der Waals surface area contributed by atoms with Crippen LogP contribution in [0.3, 0.4) is 0 Å². The number of amides is 2. The summed E-state index contributed by atoms with van der Waals surface area (Å²) in [6.07, 6.45) is -0.268. The molecular weight excluding hydrogens is 405 g/mol. The van der Waals surface area contributed by atoms with E-state index in [1.54, 1.807) is 24.3 Å². The van der Waals surface area contributed by atoms with Gasteiger partial charge in [0.1, 0.15) is 11.9 Å². The number of fused-ring (bicyclic) bond motifs is 1. The van der Waals surface area contributed by atoms with Gasteiger partial charge in [-0.05, 0) is 48.7 Å². The number of benzene rings is 2. The number of carbonyl (C=O) groups excluding carboxylic acids is 2. The highest BCUT2D eigenvalue weighted by Crippen LogP contribution is 2.46. The number of anilines is 2. The molecule has 1 aliphatic carbocycles. The number of carbonyl (C=O) groups is 2. The highest BCUT2D eigenvalue weighted by Gasteiger charge is 2.47. The molecule has 152 valence electrons. The van der Waals surface area contributed by atoms with Crippen LogP contribution in [0.5, 0.6) is 0 Å². The molecule has 1 unspecified atom stereocenters. The van der Waals surface area contributed by atoms with Gasteiger partial charge in [-0.2, -0.15) is 0 Å². The van der Waals surface area contributed by atoms with E-state index < -0.39 is 35.1 Å². The van der Waals surface area contributed by atoms with Crippen LogP contribution in [0.15, 0.2) is 48.5 Å². The lowest BCUT2D eigenvalue weighted by atomic mass is 9.91. The molecule has 2 aromatic rings. The Kier molecular flexibility index (Phi) is 5.02. The monoisotopic (exact) mass is 422 g/mol. The number of hydrogen-bond acceptors (Lipinski definition) is 2. The van der Waals surface area contributed by atoms with Crippen molar-refractivity contribution in [1.29, 1.82) is 0 Å². The van der Waals surface area contributed by atoms with Gasteiger partial charge >= 0.3 is 5.37 Å². The highest BCUT2D eigenvalue weighted by molar-refractivity contribution is 6.66. The maximum atomic E-state index is 13.8. The fourth-order valence-corrected chi connectivity index (χ4v) is 4.40. The SMILES string of the molecule is O=C1C(N(C(=O)Cl)c2cccc(F)c2)c2ccccc2N1C1CCC(F)(F)CC1. The van der Waals surface area contributed by atoms with Crippen LogP contribution >= 0.6 is 11.6 Å². The van der Waals surface area contributed by atoms with E-state index in [4.69, 9.17) is 11.6 Å². The summed E-state index contributed by atoms with van der Waals surface area (Å²) in [5.74, 6) is -3.73. The van der Waals surface area contributed by atoms with Crippen molar-refractivity contribution < 1.29 is 22.8 Å². The van der Waals surface area contributed by atoms with Crippen LogP contribution in [0.25, 0.3) is 0 Å². The number of hydrogen-bond donors (Lipinski definition) is 0. The van der Waals surface area contributed by atoms with Crippen LogP contribution in [-0.4, -0.2) is 23.2 Å². The predicted molar refractivity (Wildman–Crippen MR) is 104 cm³/mol. The average Bonchev–Trinajstić information content (AvgIpc) is 2.95. The van der Waals surface area contributed by atoms with Crippen molar-refractivity contribution in [3.05, 3.63) is 59.9 Å². The minimum Gasteiger partial charge on any atom is -0.307 e. The van der Waals surface area contributed by atoms with Gasteiger partial charge in [-0.15, -0.1) is 0 Å². The molecule has 2 amide bonds. The Labute approximate surface area is 170 Å². The van der Waals surface area contributed by atoms with E-state index in [2.05, 4.69) is 0 Å². The molecule has 2 aliphatic rings. The van der Waals surface area contributed by atoms with Crippen molar-refractivity contribution in [1.82, 2.24) is 0 Å². The topological polar surface area (TPSA) is 40.6 Å². The van der Waals surface area contributed by atoms with E-state index in [9.17, 15) is 22.8 Å².